The first-order valence-corrected chi connectivity index (χ1v) is 11.2. The molecule has 0 unspecified atom stereocenters. The molecule has 5 nitrogen and oxygen atoms in total. The molecule has 0 saturated heterocycles. The van der Waals surface area contributed by atoms with Crippen molar-refractivity contribution in [3.05, 3.63) is 77.3 Å². The first kappa shape index (κ1) is 19.8. The van der Waals surface area contributed by atoms with Gasteiger partial charge >= 0.3 is 0 Å². The lowest BCUT2D eigenvalue weighted by molar-refractivity contribution is 0.0984. The molecule has 0 bridgehead atoms. The summed E-state index contributed by atoms with van der Waals surface area (Å²) in [5.74, 6) is 0.928. The van der Waals surface area contributed by atoms with Crippen LogP contribution in [0, 0.1) is 0 Å². The van der Waals surface area contributed by atoms with Crippen LogP contribution in [0.25, 0.3) is 22.8 Å². The fraction of sp³-hybridized carbons (Fsp3) is 0.125. The van der Waals surface area contributed by atoms with Crippen molar-refractivity contribution in [2.24, 2.45) is 0 Å². The minimum Gasteiger partial charge on any atom is -0.334 e. The molecule has 4 aromatic rings. The number of hydrogen-bond donors (Lipinski definition) is 0. The second-order valence-electron chi connectivity index (χ2n) is 7.17. The Bertz CT molecular complexity index is 1290. The molecule has 0 fully saturated rings. The first-order chi connectivity index (χ1) is 15.1. The van der Waals surface area contributed by atoms with Crippen LogP contribution in [0.3, 0.4) is 0 Å². The molecule has 1 amide bonds. The van der Waals surface area contributed by atoms with Gasteiger partial charge in [-0.2, -0.15) is 4.98 Å². The average Bonchev–Trinajstić information content (AvgIpc) is 3.24. The predicted octanol–water partition coefficient (Wildman–Crippen LogP) is 6.58. The Morgan fingerprint density at radius 3 is 2.71 bits per heavy atom. The molecular weight excluding hydrogens is 430 g/mol. The van der Waals surface area contributed by atoms with E-state index >= 15 is 0 Å². The van der Waals surface area contributed by atoms with Crippen LogP contribution in [-0.2, 0) is 0 Å². The second-order valence-corrected chi connectivity index (χ2v) is 8.69. The number of rotatable bonds is 4. The van der Waals surface area contributed by atoms with Crippen LogP contribution in [0.4, 0.5) is 5.69 Å². The monoisotopic (exact) mass is 447 g/mol. The van der Waals surface area contributed by atoms with Gasteiger partial charge in [-0.15, -0.1) is 0 Å². The van der Waals surface area contributed by atoms with E-state index in [1.54, 1.807) is 23.9 Å². The maximum Gasteiger partial charge on any atom is 0.259 e. The summed E-state index contributed by atoms with van der Waals surface area (Å²) in [6.45, 7) is 2.73. The van der Waals surface area contributed by atoms with E-state index in [1.165, 1.54) is 0 Å². The number of carbonyl (C=O) groups is 1. The zero-order valence-corrected chi connectivity index (χ0v) is 18.3. The maximum absolute atomic E-state index is 13.2. The largest absolute Gasteiger partial charge is 0.334 e. The molecule has 7 heteroatoms. The van der Waals surface area contributed by atoms with Crippen molar-refractivity contribution in [1.82, 2.24) is 10.1 Å². The number of amides is 1. The quantitative estimate of drug-likeness (QED) is 0.353. The molecule has 2 heterocycles. The fourth-order valence-corrected chi connectivity index (χ4v) is 4.90. The van der Waals surface area contributed by atoms with E-state index in [2.05, 4.69) is 17.1 Å². The molecule has 31 heavy (non-hydrogen) atoms. The summed E-state index contributed by atoms with van der Waals surface area (Å²) in [6, 6.07) is 20.9. The Labute approximate surface area is 189 Å². The SMILES string of the molecule is CCCN1C(=O)c2ccccc2Sc2cc(-c3noc(-c4cccc(Cl)c4)n3)ccc21. The standard InChI is InChI=1S/C24H18ClN3O2S/c1-2-12-28-19-11-10-15(14-21(19)31-20-9-4-3-8-18(20)24(28)29)22-26-23(30-27-22)16-6-5-7-17(25)13-16/h3-11,13-14H,2,12H2,1H3. The van der Waals surface area contributed by atoms with Gasteiger partial charge in [0.05, 0.1) is 11.3 Å². The summed E-state index contributed by atoms with van der Waals surface area (Å²) >= 11 is 7.67. The highest BCUT2D eigenvalue weighted by Gasteiger charge is 2.27. The summed E-state index contributed by atoms with van der Waals surface area (Å²) in [5, 5.41) is 4.77. The van der Waals surface area contributed by atoms with Gasteiger partial charge in [0, 0.05) is 32.5 Å². The Morgan fingerprint density at radius 2 is 1.87 bits per heavy atom. The predicted molar refractivity (Wildman–Crippen MR) is 123 cm³/mol. The van der Waals surface area contributed by atoms with Crippen molar-refractivity contribution >= 4 is 35.0 Å². The van der Waals surface area contributed by atoms with E-state index in [-0.39, 0.29) is 5.91 Å². The van der Waals surface area contributed by atoms with Gasteiger partial charge in [-0.1, -0.05) is 53.6 Å². The molecule has 0 saturated carbocycles. The zero-order chi connectivity index (χ0) is 21.4. The number of fused-ring (bicyclic) bond motifs is 2. The van der Waals surface area contributed by atoms with Gasteiger partial charge in [-0.3, -0.25) is 4.79 Å². The van der Waals surface area contributed by atoms with E-state index in [9.17, 15) is 4.79 Å². The van der Waals surface area contributed by atoms with Gasteiger partial charge in [0.15, 0.2) is 0 Å². The van der Waals surface area contributed by atoms with Crippen molar-refractivity contribution < 1.29 is 9.32 Å². The van der Waals surface area contributed by atoms with Crippen LogP contribution in [0.2, 0.25) is 5.02 Å². The zero-order valence-electron chi connectivity index (χ0n) is 16.7. The highest BCUT2D eigenvalue weighted by molar-refractivity contribution is 7.99. The third-order valence-corrected chi connectivity index (χ3v) is 6.39. The smallest absolute Gasteiger partial charge is 0.259 e. The van der Waals surface area contributed by atoms with E-state index in [4.69, 9.17) is 16.1 Å². The van der Waals surface area contributed by atoms with Crippen LogP contribution < -0.4 is 4.90 Å². The third-order valence-electron chi connectivity index (χ3n) is 5.04. The lowest BCUT2D eigenvalue weighted by atomic mass is 10.1. The molecule has 0 spiro atoms. The minimum atomic E-state index is 0.0271. The minimum absolute atomic E-state index is 0.0271. The summed E-state index contributed by atoms with van der Waals surface area (Å²) in [5.41, 5.74) is 3.22. The van der Waals surface area contributed by atoms with Gasteiger partial charge in [0.2, 0.25) is 5.82 Å². The van der Waals surface area contributed by atoms with E-state index in [0.717, 1.165) is 38.6 Å². The number of anilines is 1. The first-order valence-electron chi connectivity index (χ1n) is 9.97. The molecular formula is C24H18ClN3O2S. The van der Waals surface area contributed by atoms with Gasteiger partial charge in [0.25, 0.3) is 11.8 Å². The molecule has 0 atom stereocenters. The number of hydrogen-bond acceptors (Lipinski definition) is 5. The molecule has 5 rings (SSSR count). The van der Waals surface area contributed by atoms with Gasteiger partial charge in [0.1, 0.15) is 0 Å². The third kappa shape index (κ3) is 3.73. The van der Waals surface area contributed by atoms with Crippen molar-refractivity contribution in [2.75, 3.05) is 11.4 Å². The van der Waals surface area contributed by atoms with Crippen LogP contribution in [-0.4, -0.2) is 22.6 Å². The van der Waals surface area contributed by atoms with E-state index in [0.29, 0.717) is 23.3 Å². The van der Waals surface area contributed by atoms with Crippen molar-refractivity contribution in [3.8, 4) is 22.8 Å². The molecule has 1 aliphatic rings. The molecule has 0 aliphatic carbocycles. The van der Waals surface area contributed by atoms with Crippen LogP contribution in [0.5, 0.6) is 0 Å². The Kier molecular flexibility index (Phi) is 5.26. The number of benzene rings is 3. The molecule has 1 aromatic heterocycles. The molecule has 3 aromatic carbocycles. The lowest BCUT2D eigenvalue weighted by Crippen LogP contribution is -2.31. The molecule has 1 aliphatic heterocycles. The number of nitrogens with zero attached hydrogens (tertiary/aromatic N) is 3. The van der Waals surface area contributed by atoms with E-state index < -0.39 is 0 Å². The van der Waals surface area contributed by atoms with Crippen molar-refractivity contribution in [3.63, 3.8) is 0 Å². The van der Waals surface area contributed by atoms with Crippen molar-refractivity contribution in [1.29, 1.82) is 0 Å². The Morgan fingerprint density at radius 1 is 1.00 bits per heavy atom. The topological polar surface area (TPSA) is 59.2 Å². The van der Waals surface area contributed by atoms with Crippen LogP contribution in [0.15, 0.2) is 81.0 Å². The van der Waals surface area contributed by atoms with E-state index in [1.807, 2.05) is 59.5 Å². The lowest BCUT2D eigenvalue weighted by Gasteiger charge is -2.22. The van der Waals surface area contributed by atoms with Crippen molar-refractivity contribution in [2.45, 2.75) is 23.1 Å². The van der Waals surface area contributed by atoms with Gasteiger partial charge in [-0.25, -0.2) is 0 Å². The second kappa shape index (κ2) is 8.21. The number of halogens is 1. The highest BCUT2D eigenvalue weighted by atomic mass is 35.5. The Hall–Kier alpha value is -3.09. The fourth-order valence-electron chi connectivity index (χ4n) is 3.59. The Balaban J connectivity index is 1.56. The highest BCUT2D eigenvalue weighted by Crippen LogP contribution is 2.43. The summed E-state index contributed by atoms with van der Waals surface area (Å²) in [4.78, 5) is 21.5. The van der Waals surface area contributed by atoms with Gasteiger partial charge < -0.3 is 9.42 Å². The molecule has 154 valence electrons. The normalized spacial score (nSPS) is 13.0. The maximum atomic E-state index is 13.2. The summed E-state index contributed by atoms with van der Waals surface area (Å²) in [6.07, 6.45) is 0.869. The van der Waals surface area contributed by atoms with Crippen LogP contribution in [0.1, 0.15) is 23.7 Å². The van der Waals surface area contributed by atoms with Gasteiger partial charge in [-0.05, 0) is 55.0 Å². The number of carbonyl (C=O) groups excluding carboxylic acids is 1. The van der Waals surface area contributed by atoms with Crippen LogP contribution >= 0.6 is 23.4 Å². The summed E-state index contributed by atoms with van der Waals surface area (Å²) in [7, 11) is 0. The molecule has 0 radical (unpaired) electrons. The molecule has 0 N–H and O–H groups in total. The average molecular weight is 448 g/mol. The summed E-state index contributed by atoms with van der Waals surface area (Å²) < 4.78 is 5.47. The number of aromatic nitrogens is 2.